The Bertz CT molecular complexity index is 542. The summed E-state index contributed by atoms with van der Waals surface area (Å²) in [6.07, 6.45) is 0. The predicted octanol–water partition coefficient (Wildman–Crippen LogP) is 2.13. The molecule has 0 fully saturated rings. The monoisotopic (exact) mass is 282 g/mol. The summed E-state index contributed by atoms with van der Waals surface area (Å²) in [5.74, 6) is 0. The second-order valence-corrected chi connectivity index (χ2v) is 7.62. The largest absolute Gasteiger partial charge is 0.450 e. The fraction of sp³-hybridized carbons (Fsp3) is 0.250. The van der Waals surface area contributed by atoms with Crippen molar-refractivity contribution in [3.63, 3.8) is 0 Å². The van der Waals surface area contributed by atoms with E-state index in [-0.39, 0.29) is 0 Å². The lowest BCUT2D eigenvalue weighted by molar-refractivity contribution is 0.660. The molecule has 0 atom stereocenters. The van der Waals surface area contributed by atoms with Gasteiger partial charge in [-0.25, -0.2) is 0 Å². The van der Waals surface area contributed by atoms with Crippen LogP contribution in [0.25, 0.3) is 0 Å². The van der Waals surface area contributed by atoms with Crippen LogP contribution in [0.1, 0.15) is 22.3 Å². The minimum atomic E-state index is -1.22. The quantitative estimate of drug-likeness (QED) is 0.784. The number of hydrogen-bond acceptors (Lipinski definition) is 1. The summed E-state index contributed by atoms with van der Waals surface area (Å²) in [7, 11) is 2.07. The van der Waals surface area contributed by atoms with Gasteiger partial charge in [0, 0.05) is 0 Å². The molecule has 0 saturated carbocycles. The van der Waals surface area contributed by atoms with E-state index in [1.54, 1.807) is 0 Å². The average Bonchev–Trinajstić information content (AvgIpc) is 2.34. The molecular formula is C16H18OSi2. The van der Waals surface area contributed by atoms with Gasteiger partial charge >= 0.3 is 0 Å². The molecule has 0 bridgehead atoms. The molecule has 0 aliphatic carbocycles. The van der Waals surface area contributed by atoms with E-state index in [1.165, 1.54) is 32.6 Å². The molecular weight excluding hydrogens is 264 g/mol. The zero-order valence-electron chi connectivity index (χ0n) is 11.9. The van der Waals surface area contributed by atoms with Crippen molar-refractivity contribution in [2.24, 2.45) is 0 Å². The van der Waals surface area contributed by atoms with Crippen LogP contribution in [-0.2, 0) is 4.12 Å². The summed E-state index contributed by atoms with van der Waals surface area (Å²) in [4.78, 5) is 0. The van der Waals surface area contributed by atoms with Crippen LogP contribution in [0.2, 0.25) is 0 Å². The van der Waals surface area contributed by atoms with Gasteiger partial charge in [0.1, 0.15) is 0 Å². The second kappa shape index (κ2) is 5.86. The Labute approximate surface area is 120 Å². The van der Waals surface area contributed by atoms with Crippen LogP contribution in [0.3, 0.4) is 0 Å². The van der Waals surface area contributed by atoms with Crippen LogP contribution in [-0.4, -0.2) is 19.5 Å². The van der Waals surface area contributed by atoms with Crippen molar-refractivity contribution in [3.05, 3.63) is 58.7 Å². The Kier molecular flexibility index (Phi) is 4.40. The fourth-order valence-corrected chi connectivity index (χ4v) is 4.89. The van der Waals surface area contributed by atoms with E-state index in [4.69, 9.17) is 4.12 Å². The highest BCUT2D eigenvalue weighted by molar-refractivity contribution is 6.82. The van der Waals surface area contributed by atoms with E-state index in [1.807, 2.05) is 0 Å². The van der Waals surface area contributed by atoms with E-state index >= 15 is 0 Å². The minimum absolute atomic E-state index is 1.22. The Balaban J connectivity index is 2.50. The molecule has 0 aliphatic rings. The van der Waals surface area contributed by atoms with E-state index in [9.17, 15) is 0 Å². The van der Waals surface area contributed by atoms with Crippen LogP contribution in [0, 0.1) is 27.7 Å². The van der Waals surface area contributed by atoms with Gasteiger partial charge in [0.2, 0.25) is 10.5 Å². The SMILES string of the molecule is Cc1ccc([Si](O[Si])c2ccc(C)cc2C)c(C)c1. The first-order chi connectivity index (χ1) is 9.02. The van der Waals surface area contributed by atoms with Gasteiger partial charge in [-0.3, -0.25) is 0 Å². The van der Waals surface area contributed by atoms with Crippen molar-refractivity contribution in [1.82, 2.24) is 0 Å². The fourth-order valence-electron chi connectivity index (χ4n) is 2.39. The molecule has 19 heavy (non-hydrogen) atoms. The molecule has 0 aromatic heterocycles. The van der Waals surface area contributed by atoms with Gasteiger partial charge in [-0.1, -0.05) is 47.5 Å². The van der Waals surface area contributed by atoms with Crippen LogP contribution < -0.4 is 10.4 Å². The van der Waals surface area contributed by atoms with Crippen molar-refractivity contribution in [2.75, 3.05) is 0 Å². The summed E-state index contributed by atoms with van der Waals surface area (Å²) >= 11 is 0. The van der Waals surface area contributed by atoms with Crippen LogP contribution in [0.5, 0.6) is 0 Å². The highest BCUT2D eigenvalue weighted by atomic mass is 28.3. The molecule has 2 rings (SSSR count). The number of benzene rings is 2. The number of hydrogen-bond donors (Lipinski definition) is 0. The molecule has 0 unspecified atom stereocenters. The molecule has 4 radical (unpaired) electrons. The zero-order valence-corrected chi connectivity index (χ0v) is 13.9. The van der Waals surface area contributed by atoms with Gasteiger partial charge < -0.3 is 4.12 Å². The first kappa shape index (κ1) is 14.2. The standard InChI is InChI=1S/C16H18OSi2/c1-11-5-7-15(13(3)9-11)19(17-18)16-8-6-12(2)10-14(16)4/h5-10H,1-4H3. The molecule has 0 spiro atoms. The summed E-state index contributed by atoms with van der Waals surface area (Å²) in [5, 5.41) is 2.61. The molecule has 0 amide bonds. The van der Waals surface area contributed by atoms with Crippen molar-refractivity contribution in [1.29, 1.82) is 0 Å². The highest BCUT2D eigenvalue weighted by Crippen LogP contribution is 2.06. The average molecular weight is 282 g/mol. The molecule has 0 heterocycles. The molecule has 0 saturated heterocycles. The number of rotatable bonds is 3. The van der Waals surface area contributed by atoms with Gasteiger partial charge in [0.05, 0.1) is 0 Å². The lowest BCUT2D eigenvalue weighted by Gasteiger charge is -2.18. The van der Waals surface area contributed by atoms with Crippen molar-refractivity contribution in [3.8, 4) is 0 Å². The van der Waals surface area contributed by atoms with Gasteiger partial charge in [-0.05, 0) is 49.2 Å². The molecule has 3 heteroatoms. The van der Waals surface area contributed by atoms with Crippen LogP contribution >= 0.6 is 0 Å². The Morgan fingerprint density at radius 1 is 0.789 bits per heavy atom. The molecule has 1 nitrogen and oxygen atoms in total. The van der Waals surface area contributed by atoms with E-state index in [0.29, 0.717) is 0 Å². The van der Waals surface area contributed by atoms with Gasteiger partial charge in [0.15, 0.2) is 0 Å². The predicted molar refractivity (Wildman–Crippen MR) is 83.7 cm³/mol. The third kappa shape index (κ3) is 3.05. The maximum Gasteiger partial charge on any atom is 0.272 e. The molecule has 0 aliphatic heterocycles. The van der Waals surface area contributed by atoms with Gasteiger partial charge in [-0.15, -0.1) is 0 Å². The lowest BCUT2D eigenvalue weighted by atomic mass is 10.1. The van der Waals surface area contributed by atoms with Crippen molar-refractivity contribution in [2.45, 2.75) is 27.7 Å². The van der Waals surface area contributed by atoms with E-state index in [0.717, 1.165) is 0 Å². The maximum atomic E-state index is 5.67. The smallest absolute Gasteiger partial charge is 0.272 e. The third-order valence-corrected chi connectivity index (χ3v) is 6.27. The van der Waals surface area contributed by atoms with Crippen molar-refractivity contribution >= 4 is 29.9 Å². The van der Waals surface area contributed by atoms with E-state index in [2.05, 4.69) is 74.6 Å². The van der Waals surface area contributed by atoms with Crippen molar-refractivity contribution < 1.29 is 4.12 Å². The summed E-state index contributed by atoms with van der Waals surface area (Å²) < 4.78 is 5.67. The summed E-state index contributed by atoms with van der Waals surface area (Å²) in [6.45, 7) is 8.55. The highest BCUT2D eigenvalue weighted by Gasteiger charge is 2.21. The van der Waals surface area contributed by atoms with Crippen LogP contribution in [0.4, 0.5) is 0 Å². The molecule has 2 aromatic carbocycles. The lowest BCUT2D eigenvalue weighted by Crippen LogP contribution is -2.47. The first-order valence-corrected chi connectivity index (χ1v) is 8.20. The normalized spacial score (nSPS) is 11.1. The van der Waals surface area contributed by atoms with E-state index < -0.39 is 9.04 Å². The topological polar surface area (TPSA) is 9.23 Å². The maximum absolute atomic E-state index is 5.67. The molecule has 2 aromatic rings. The second-order valence-electron chi connectivity index (χ2n) is 5.07. The van der Waals surface area contributed by atoms with Crippen LogP contribution in [0.15, 0.2) is 36.4 Å². The van der Waals surface area contributed by atoms with Gasteiger partial charge in [0.25, 0.3) is 9.04 Å². The minimum Gasteiger partial charge on any atom is -0.450 e. The summed E-state index contributed by atoms with van der Waals surface area (Å²) in [5.41, 5.74) is 5.17. The zero-order chi connectivity index (χ0) is 14.0. The van der Waals surface area contributed by atoms with Gasteiger partial charge in [-0.2, -0.15) is 0 Å². The number of aryl methyl sites for hydroxylation is 4. The molecule has 0 N–H and O–H groups in total. The third-order valence-electron chi connectivity index (χ3n) is 3.36. The Hall–Kier alpha value is -1.17. The Morgan fingerprint density at radius 3 is 1.53 bits per heavy atom. The Morgan fingerprint density at radius 2 is 1.21 bits per heavy atom. The first-order valence-electron chi connectivity index (χ1n) is 6.38. The summed E-state index contributed by atoms with van der Waals surface area (Å²) in [6, 6.07) is 13.1. The molecule has 96 valence electrons.